The van der Waals surface area contributed by atoms with Gasteiger partial charge < -0.3 is 9.47 Å². The second-order valence-corrected chi connectivity index (χ2v) is 4.24. The van der Waals surface area contributed by atoms with E-state index in [0.29, 0.717) is 13.2 Å². The van der Waals surface area contributed by atoms with Crippen LogP contribution >= 0.6 is 0 Å². The summed E-state index contributed by atoms with van der Waals surface area (Å²) in [5.41, 5.74) is 0.0197. The normalized spacial score (nSPS) is 11.6. The Morgan fingerprint density at radius 2 is 1.44 bits per heavy atom. The van der Waals surface area contributed by atoms with Gasteiger partial charge in [0.15, 0.2) is 0 Å². The summed E-state index contributed by atoms with van der Waals surface area (Å²) < 4.78 is 9.98. The van der Waals surface area contributed by atoms with Gasteiger partial charge in [0.2, 0.25) is 0 Å². The molecule has 0 saturated heterocycles. The maximum Gasteiger partial charge on any atom is 0.345 e. The van der Waals surface area contributed by atoms with Crippen molar-refractivity contribution < 1.29 is 19.1 Å². The van der Waals surface area contributed by atoms with Crippen molar-refractivity contribution in [1.82, 2.24) is 0 Å². The van der Waals surface area contributed by atoms with Crippen molar-refractivity contribution in [3.63, 3.8) is 0 Å². The molecule has 0 heterocycles. The standard InChI is InChI=1S/C14H24O4/c1-5-8-17-13(15)12(10-11(4)7-3)14(16)18-9-6-2/h10-11H,5-9H2,1-4H3. The lowest BCUT2D eigenvalue weighted by Gasteiger charge is -2.09. The molecular formula is C14H24O4. The maximum absolute atomic E-state index is 11.8. The molecule has 0 N–H and O–H groups in total. The third-order valence-corrected chi connectivity index (χ3v) is 2.41. The Labute approximate surface area is 109 Å². The highest BCUT2D eigenvalue weighted by Crippen LogP contribution is 2.11. The lowest BCUT2D eigenvalue weighted by atomic mass is 10.1. The summed E-state index contributed by atoms with van der Waals surface area (Å²) >= 11 is 0. The molecule has 0 aromatic rings. The number of esters is 2. The van der Waals surface area contributed by atoms with E-state index in [-0.39, 0.29) is 11.5 Å². The SMILES string of the molecule is CCCOC(=O)C(=CC(C)CC)C(=O)OCCC. The van der Waals surface area contributed by atoms with Crippen LogP contribution in [0.5, 0.6) is 0 Å². The number of ether oxygens (including phenoxy) is 2. The molecular weight excluding hydrogens is 232 g/mol. The van der Waals surface area contributed by atoms with E-state index >= 15 is 0 Å². The van der Waals surface area contributed by atoms with Crippen LogP contribution in [0, 0.1) is 5.92 Å². The summed E-state index contributed by atoms with van der Waals surface area (Å²) in [7, 11) is 0. The Bertz CT molecular complexity index is 272. The van der Waals surface area contributed by atoms with Crippen LogP contribution < -0.4 is 0 Å². The fraction of sp³-hybridized carbons (Fsp3) is 0.714. The van der Waals surface area contributed by atoms with Crippen molar-refractivity contribution in [1.29, 1.82) is 0 Å². The van der Waals surface area contributed by atoms with Gasteiger partial charge in [-0.15, -0.1) is 0 Å². The zero-order chi connectivity index (χ0) is 14.0. The molecule has 4 nitrogen and oxygen atoms in total. The third-order valence-electron chi connectivity index (χ3n) is 2.41. The minimum absolute atomic E-state index is 0.0197. The van der Waals surface area contributed by atoms with Gasteiger partial charge in [-0.25, -0.2) is 9.59 Å². The van der Waals surface area contributed by atoms with Gasteiger partial charge in [0, 0.05) is 0 Å². The van der Waals surface area contributed by atoms with Crippen molar-refractivity contribution in [2.45, 2.75) is 47.0 Å². The first-order chi connectivity index (χ1) is 8.56. The second kappa shape index (κ2) is 9.68. The lowest BCUT2D eigenvalue weighted by Crippen LogP contribution is -2.20. The highest BCUT2D eigenvalue weighted by atomic mass is 16.6. The van der Waals surface area contributed by atoms with Crippen LogP contribution in [0.3, 0.4) is 0 Å². The van der Waals surface area contributed by atoms with Gasteiger partial charge in [-0.3, -0.25) is 0 Å². The van der Waals surface area contributed by atoms with E-state index in [1.165, 1.54) is 0 Å². The highest BCUT2D eigenvalue weighted by molar-refractivity contribution is 6.14. The molecule has 0 aromatic heterocycles. The van der Waals surface area contributed by atoms with E-state index < -0.39 is 11.9 Å². The Hall–Kier alpha value is -1.32. The third kappa shape index (κ3) is 6.42. The summed E-state index contributed by atoms with van der Waals surface area (Å²) in [5.74, 6) is -1.03. The smallest absolute Gasteiger partial charge is 0.345 e. The van der Waals surface area contributed by atoms with Crippen LogP contribution in [0.4, 0.5) is 0 Å². The maximum atomic E-state index is 11.8. The topological polar surface area (TPSA) is 52.6 Å². The summed E-state index contributed by atoms with van der Waals surface area (Å²) in [6.45, 7) is 8.38. The van der Waals surface area contributed by atoms with Gasteiger partial charge in [0.25, 0.3) is 0 Å². The predicted molar refractivity (Wildman–Crippen MR) is 70.0 cm³/mol. The van der Waals surface area contributed by atoms with Crippen LogP contribution in [0.25, 0.3) is 0 Å². The summed E-state index contributed by atoms with van der Waals surface area (Å²) in [6, 6.07) is 0. The minimum atomic E-state index is -0.585. The number of allylic oxidation sites excluding steroid dienone is 1. The van der Waals surface area contributed by atoms with Gasteiger partial charge in [-0.2, -0.15) is 0 Å². The van der Waals surface area contributed by atoms with E-state index in [9.17, 15) is 9.59 Å². The molecule has 0 radical (unpaired) electrons. The molecule has 0 aliphatic carbocycles. The predicted octanol–water partition coefficient (Wildman–Crippen LogP) is 2.87. The molecule has 18 heavy (non-hydrogen) atoms. The molecule has 0 amide bonds. The van der Waals surface area contributed by atoms with Crippen molar-refractivity contribution in [3.05, 3.63) is 11.6 Å². The molecule has 0 spiro atoms. The largest absolute Gasteiger partial charge is 0.462 e. The fourth-order valence-electron chi connectivity index (χ4n) is 1.17. The number of carbonyl (C=O) groups is 2. The minimum Gasteiger partial charge on any atom is -0.462 e. The van der Waals surface area contributed by atoms with Crippen LogP contribution in [-0.2, 0) is 19.1 Å². The Balaban J connectivity index is 4.76. The molecule has 0 rings (SSSR count). The number of rotatable bonds is 8. The van der Waals surface area contributed by atoms with Crippen LogP contribution in [0.2, 0.25) is 0 Å². The van der Waals surface area contributed by atoms with E-state index in [4.69, 9.17) is 9.47 Å². The first-order valence-electron chi connectivity index (χ1n) is 6.62. The van der Waals surface area contributed by atoms with Crippen molar-refractivity contribution in [2.24, 2.45) is 5.92 Å². The fourth-order valence-corrected chi connectivity index (χ4v) is 1.17. The van der Waals surface area contributed by atoms with Gasteiger partial charge in [-0.1, -0.05) is 40.2 Å². The van der Waals surface area contributed by atoms with E-state index in [1.807, 2.05) is 27.7 Å². The molecule has 1 atom stereocenters. The molecule has 1 unspecified atom stereocenters. The zero-order valence-electron chi connectivity index (χ0n) is 11.8. The first-order valence-corrected chi connectivity index (χ1v) is 6.62. The molecule has 0 saturated carbocycles. The number of hydrogen-bond donors (Lipinski definition) is 0. The molecule has 0 fully saturated rings. The zero-order valence-corrected chi connectivity index (χ0v) is 11.8. The van der Waals surface area contributed by atoms with Crippen LogP contribution in [-0.4, -0.2) is 25.2 Å². The van der Waals surface area contributed by atoms with Gasteiger partial charge in [0.05, 0.1) is 13.2 Å². The average molecular weight is 256 g/mol. The van der Waals surface area contributed by atoms with Crippen molar-refractivity contribution >= 4 is 11.9 Å². The number of carbonyl (C=O) groups excluding carboxylic acids is 2. The van der Waals surface area contributed by atoms with Crippen molar-refractivity contribution in [3.8, 4) is 0 Å². The summed E-state index contributed by atoms with van der Waals surface area (Å²) in [6.07, 6.45) is 3.94. The summed E-state index contributed by atoms with van der Waals surface area (Å²) in [5, 5.41) is 0. The first kappa shape index (κ1) is 16.7. The number of hydrogen-bond acceptors (Lipinski definition) is 4. The molecule has 4 heteroatoms. The van der Waals surface area contributed by atoms with Crippen molar-refractivity contribution in [2.75, 3.05) is 13.2 Å². The van der Waals surface area contributed by atoms with Gasteiger partial charge >= 0.3 is 11.9 Å². The van der Waals surface area contributed by atoms with Crippen LogP contribution in [0.1, 0.15) is 47.0 Å². The Morgan fingerprint density at radius 3 is 1.78 bits per heavy atom. The molecule has 0 aliphatic heterocycles. The van der Waals surface area contributed by atoms with E-state index in [2.05, 4.69) is 0 Å². The lowest BCUT2D eigenvalue weighted by molar-refractivity contribution is -0.147. The van der Waals surface area contributed by atoms with E-state index in [1.54, 1.807) is 6.08 Å². The molecule has 0 aromatic carbocycles. The Kier molecular flexibility index (Phi) is 8.97. The highest BCUT2D eigenvalue weighted by Gasteiger charge is 2.21. The van der Waals surface area contributed by atoms with E-state index in [0.717, 1.165) is 19.3 Å². The molecule has 104 valence electrons. The van der Waals surface area contributed by atoms with Gasteiger partial charge in [-0.05, 0) is 18.8 Å². The monoisotopic (exact) mass is 256 g/mol. The van der Waals surface area contributed by atoms with Crippen LogP contribution in [0.15, 0.2) is 11.6 Å². The quantitative estimate of drug-likeness (QED) is 0.290. The summed E-state index contributed by atoms with van der Waals surface area (Å²) in [4.78, 5) is 23.5. The van der Waals surface area contributed by atoms with Gasteiger partial charge in [0.1, 0.15) is 5.57 Å². The Morgan fingerprint density at radius 1 is 1.00 bits per heavy atom. The molecule has 0 bridgehead atoms. The molecule has 0 aliphatic rings. The second-order valence-electron chi connectivity index (χ2n) is 4.24. The average Bonchev–Trinajstić information content (AvgIpc) is 2.38.